The van der Waals surface area contributed by atoms with Gasteiger partial charge in [0.05, 0.1) is 11.7 Å². The van der Waals surface area contributed by atoms with Crippen LogP contribution < -0.4 is 5.32 Å². The molecule has 0 saturated carbocycles. The maximum Gasteiger partial charge on any atom is 0.245 e. The second kappa shape index (κ2) is 7.09. The molecule has 0 spiro atoms. The Kier molecular flexibility index (Phi) is 5.09. The number of sulfonamides is 1. The summed E-state index contributed by atoms with van der Waals surface area (Å²) in [6, 6.07) is 4.98. The minimum Gasteiger partial charge on any atom is -0.340 e. The van der Waals surface area contributed by atoms with E-state index in [1.165, 1.54) is 4.31 Å². The first-order valence-corrected chi connectivity index (χ1v) is 9.85. The van der Waals surface area contributed by atoms with E-state index in [1.807, 2.05) is 0 Å². The van der Waals surface area contributed by atoms with Gasteiger partial charge in [-0.05, 0) is 19.2 Å². The second-order valence-corrected chi connectivity index (χ2v) is 7.96. The van der Waals surface area contributed by atoms with Gasteiger partial charge in [-0.15, -0.1) is 0 Å². The smallest absolute Gasteiger partial charge is 0.245 e. The molecule has 0 bridgehead atoms. The highest BCUT2D eigenvalue weighted by atomic mass is 32.2. The monoisotopic (exact) mass is 369 g/mol. The third-order valence-electron chi connectivity index (χ3n) is 4.05. The Hall–Kier alpha value is -1.62. The van der Waals surface area contributed by atoms with Crippen LogP contribution in [0.4, 0.5) is 0 Å². The Balaban J connectivity index is 1.74. The van der Waals surface area contributed by atoms with Gasteiger partial charge in [-0.3, -0.25) is 4.79 Å². The van der Waals surface area contributed by atoms with E-state index in [4.69, 9.17) is 0 Å². The molecule has 0 atom stereocenters. The van der Waals surface area contributed by atoms with Crippen molar-refractivity contribution < 1.29 is 13.2 Å². The van der Waals surface area contributed by atoms with Crippen LogP contribution in [0.5, 0.6) is 0 Å². The van der Waals surface area contributed by atoms with E-state index in [-0.39, 0.29) is 10.8 Å². The second-order valence-electron chi connectivity index (χ2n) is 5.53. The Bertz CT molecular complexity index is 828. The van der Waals surface area contributed by atoms with E-state index in [1.54, 1.807) is 30.1 Å². The lowest BCUT2D eigenvalue weighted by Crippen LogP contribution is -2.50. The summed E-state index contributed by atoms with van der Waals surface area (Å²) in [4.78, 5) is 13.9. The third-order valence-corrected chi connectivity index (χ3v) is 6.52. The predicted octanol–water partition coefficient (Wildman–Crippen LogP) is 0.134. The molecule has 24 heavy (non-hydrogen) atoms. The molecule has 8 nitrogen and oxygen atoms in total. The van der Waals surface area contributed by atoms with Gasteiger partial charge >= 0.3 is 0 Å². The molecular weight excluding hydrogens is 350 g/mol. The quantitative estimate of drug-likeness (QED) is 0.805. The van der Waals surface area contributed by atoms with Gasteiger partial charge in [0.15, 0.2) is 0 Å². The lowest BCUT2D eigenvalue weighted by molar-refractivity contribution is -0.132. The number of piperazine rings is 1. The van der Waals surface area contributed by atoms with Gasteiger partial charge in [0.25, 0.3) is 0 Å². The van der Waals surface area contributed by atoms with E-state index >= 15 is 0 Å². The number of fused-ring (bicyclic) bond motifs is 1. The summed E-state index contributed by atoms with van der Waals surface area (Å²) < 4.78 is 35.4. The molecule has 1 aromatic heterocycles. The van der Waals surface area contributed by atoms with Crippen molar-refractivity contribution in [3.05, 3.63) is 18.2 Å². The highest BCUT2D eigenvalue weighted by molar-refractivity contribution is 7.89. The number of nitrogens with one attached hydrogen (secondary N) is 1. The minimum atomic E-state index is -3.64. The maximum absolute atomic E-state index is 12.9. The number of rotatable bonds is 5. The Morgan fingerprint density at radius 2 is 2.00 bits per heavy atom. The summed E-state index contributed by atoms with van der Waals surface area (Å²) in [7, 11) is -1.84. The van der Waals surface area contributed by atoms with Crippen molar-refractivity contribution >= 4 is 38.7 Å². The molecule has 2 heterocycles. The number of carbonyl (C=O) groups excluding carboxylic acids is 1. The van der Waals surface area contributed by atoms with E-state index in [0.717, 1.165) is 11.7 Å². The number of amides is 1. The van der Waals surface area contributed by atoms with E-state index in [0.29, 0.717) is 50.2 Å². The summed E-state index contributed by atoms with van der Waals surface area (Å²) in [5.41, 5.74) is 0.997. The Morgan fingerprint density at radius 3 is 2.71 bits per heavy atom. The molecule has 1 saturated heterocycles. The van der Waals surface area contributed by atoms with Crippen LogP contribution in [0.3, 0.4) is 0 Å². The van der Waals surface area contributed by atoms with Crippen LogP contribution >= 0.6 is 11.7 Å². The predicted molar refractivity (Wildman–Crippen MR) is 91.3 cm³/mol. The number of aromatic nitrogens is 2. The lowest BCUT2D eigenvalue weighted by atomic mass is 10.3. The zero-order valence-corrected chi connectivity index (χ0v) is 14.9. The number of carbonyl (C=O) groups is 1. The molecule has 0 aliphatic carbocycles. The highest BCUT2D eigenvalue weighted by Gasteiger charge is 2.31. The fourth-order valence-electron chi connectivity index (χ4n) is 2.70. The summed E-state index contributed by atoms with van der Waals surface area (Å²) in [5, 5.41) is 2.94. The van der Waals surface area contributed by atoms with Gasteiger partial charge in [0.2, 0.25) is 15.9 Å². The zero-order valence-electron chi connectivity index (χ0n) is 13.3. The molecule has 0 radical (unpaired) electrons. The van der Waals surface area contributed by atoms with E-state index in [9.17, 15) is 13.2 Å². The van der Waals surface area contributed by atoms with Crippen molar-refractivity contribution in [3.8, 4) is 0 Å². The zero-order chi connectivity index (χ0) is 17.2. The van der Waals surface area contributed by atoms with Crippen molar-refractivity contribution in [1.82, 2.24) is 23.3 Å². The standard InChI is InChI=1S/C14H19N5O3S2/c1-15-6-5-13(20)18-7-9-19(10-8-18)24(21,22)12-4-2-3-11-14(12)17-23-16-11/h2-4,15H,5-10H2,1H3. The summed E-state index contributed by atoms with van der Waals surface area (Å²) >= 11 is 1.000. The average Bonchev–Trinajstić information content (AvgIpc) is 3.08. The summed E-state index contributed by atoms with van der Waals surface area (Å²) in [5.74, 6) is 0.0483. The van der Waals surface area contributed by atoms with E-state index in [2.05, 4.69) is 14.1 Å². The van der Waals surface area contributed by atoms with Crippen LogP contribution in [-0.4, -0.2) is 72.0 Å². The molecule has 3 rings (SSSR count). The van der Waals surface area contributed by atoms with Gasteiger partial charge in [0.1, 0.15) is 15.9 Å². The number of hydrogen-bond donors (Lipinski definition) is 1. The van der Waals surface area contributed by atoms with Crippen molar-refractivity contribution in [2.24, 2.45) is 0 Å². The van der Waals surface area contributed by atoms with Gasteiger partial charge < -0.3 is 10.2 Å². The fourth-order valence-corrected chi connectivity index (χ4v) is 4.87. The SMILES string of the molecule is CNCCC(=O)N1CCN(S(=O)(=O)c2cccc3nsnc23)CC1. The molecule has 1 fully saturated rings. The van der Waals surface area contributed by atoms with Crippen molar-refractivity contribution in [2.45, 2.75) is 11.3 Å². The van der Waals surface area contributed by atoms with Gasteiger partial charge in [0, 0.05) is 39.1 Å². The fraction of sp³-hybridized carbons (Fsp3) is 0.500. The van der Waals surface area contributed by atoms with Crippen LogP contribution in [-0.2, 0) is 14.8 Å². The largest absolute Gasteiger partial charge is 0.340 e. The highest BCUT2D eigenvalue weighted by Crippen LogP contribution is 2.25. The average molecular weight is 369 g/mol. The maximum atomic E-state index is 12.9. The molecule has 130 valence electrons. The van der Waals surface area contributed by atoms with Crippen molar-refractivity contribution in [3.63, 3.8) is 0 Å². The normalized spacial score (nSPS) is 16.6. The molecular formula is C14H19N5O3S2. The molecule has 1 N–H and O–H groups in total. The first kappa shape index (κ1) is 17.2. The number of benzene rings is 1. The Labute approximate surface area is 144 Å². The van der Waals surface area contributed by atoms with Crippen LogP contribution in [0.1, 0.15) is 6.42 Å². The molecule has 2 aromatic rings. The van der Waals surface area contributed by atoms with E-state index < -0.39 is 10.0 Å². The van der Waals surface area contributed by atoms with Crippen molar-refractivity contribution in [1.29, 1.82) is 0 Å². The molecule has 1 aliphatic rings. The molecule has 1 aliphatic heterocycles. The summed E-state index contributed by atoms with van der Waals surface area (Å²) in [6.07, 6.45) is 0.424. The van der Waals surface area contributed by atoms with Crippen LogP contribution in [0.15, 0.2) is 23.1 Å². The van der Waals surface area contributed by atoms with Gasteiger partial charge in [-0.25, -0.2) is 8.42 Å². The van der Waals surface area contributed by atoms with Crippen LogP contribution in [0, 0.1) is 0 Å². The molecule has 1 aromatic carbocycles. The molecule has 1 amide bonds. The first-order valence-electron chi connectivity index (χ1n) is 7.68. The first-order chi connectivity index (χ1) is 11.5. The lowest BCUT2D eigenvalue weighted by Gasteiger charge is -2.34. The summed E-state index contributed by atoms with van der Waals surface area (Å²) in [6.45, 7) is 2.03. The number of hydrogen-bond acceptors (Lipinski definition) is 7. The van der Waals surface area contributed by atoms with Crippen LogP contribution in [0.2, 0.25) is 0 Å². The van der Waals surface area contributed by atoms with Crippen molar-refractivity contribution in [2.75, 3.05) is 39.8 Å². The van der Waals surface area contributed by atoms with Gasteiger partial charge in [-0.2, -0.15) is 13.1 Å². The molecule has 10 heteroatoms. The Morgan fingerprint density at radius 1 is 1.25 bits per heavy atom. The van der Waals surface area contributed by atoms with Gasteiger partial charge in [-0.1, -0.05) is 6.07 Å². The third kappa shape index (κ3) is 3.27. The number of nitrogens with zero attached hydrogens (tertiary/aromatic N) is 4. The van der Waals surface area contributed by atoms with Crippen LogP contribution in [0.25, 0.3) is 11.0 Å². The molecule has 0 unspecified atom stereocenters. The topological polar surface area (TPSA) is 95.5 Å². The minimum absolute atomic E-state index is 0.0483.